The molecule has 23 heavy (non-hydrogen) atoms. The summed E-state index contributed by atoms with van der Waals surface area (Å²) < 4.78 is 34.5. The molecule has 2 aliphatic heterocycles. The van der Waals surface area contributed by atoms with Crippen LogP contribution < -0.4 is 4.72 Å². The van der Waals surface area contributed by atoms with E-state index in [0.717, 1.165) is 13.1 Å². The van der Waals surface area contributed by atoms with Gasteiger partial charge < -0.3 is 4.74 Å². The van der Waals surface area contributed by atoms with Crippen LogP contribution in [0.5, 0.6) is 0 Å². The topological polar surface area (TPSA) is 61.9 Å². The molecule has 3 rings (SSSR count). The molecule has 2 saturated heterocycles. The molecule has 0 spiro atoms. The highest BCUT2D eigenvalue weighted by atomic mass is 32.2. The Kier molecular flexibility index (Phi) is 5.66. The highest BCUT2D eigenvalue weighted by molar-refractivity contribution is 7.87. The first-order valence-electron chi connectivity index (χ1n) is 8.28. The molecule has 2 fully saturated rings. The molecule has 2 aliphatic rings. The van der Waals surface area contributed by atoms with Crippen LogP contribution in [0.3, 0.4) is 0 Å². The van der Waals surface area contributed by atoms with Crippen LogP contribution in [0.2, 0.25) is 0 Å². The van der Waals surface area contributed by atoms with Gasteiger partial charge in [0.25, 0.3) is 10.2 Å². The Morgan fingerprint density at radius 2 is 1.70 bits per heavy atom. The summed E-state index contributed by atoms with van der Waals surface area (Å²) in [5.41, 5.74) is 1.17. The first-order valence-corrected chi connectivity index (χ1v) is 9.72. The number of likely N-dealkylation sites (tertiary alicyclic amines) is 1. The minimum Gasteiger partial charge on any atom is -0.379 e. The van der Waals surface area contributed by atoms with E-state index in [2.05, 4.69) is 21.8 Å². The highest BCUT2D eigenvalue weighted by Crippen LogP contribution is 2.24. The van der Waals surface area contributed by atoms with E-state index in [1.165, 1.54) is 22.7 Å². The molecule has 7 heteroatoms. The van der Waals surface area contributed by atoms with E-state index in [9.17, 15) is 8.42 Å². The average molecular weight is 339 g/mol. The summed E-state index contributed by atoms with van der Waals surface area (Å²) in [7, 11) is -3.44. The number of hydrogen-bond donors (Lipinski definition) is 1. The van der Waals surface area contributed by atoms with Crippen LogP contribution in [0.25, 0.3) is 0 Å². The maximum Gasteiger partial charge on any atom is 0.279 e. The van der Waals surface area contributed by atoms with E-state index in [1.54, 1.807) is 0 Å². The third-order valence-corrected chi connectivity index (χ3v) is 6.11. The van der Waals surface area contributed by atoms with Gasteiger partial charge in [-0.3, -0.25) is 4.90 Å². The molecule has 0 saturated carbocycles. The van der Waals surface area contributed by atoms with Crippen LogP contribution in [0.1, 0.15) is 24.4 Å². The zero-order valence-corrected chi connectivity index (χ0v) is 14.2. The smallest absolute Gasteiger partial charge is 0.279 e. The van der Waals surface area contributed by atoms with Crippen molar-refractivity contribution in [2.45, 2.75) is 18.9 Å². The normalized spacial score (nSPS) is 22.3. The molecule has 1 aromatic rings. The molecule has 6 nitrogen and oxygen atoms in total. The molecular formula is C16H25N3O3S. The van der Waals surface area contributed by atoms with Crippen molar-refractivity contribution in [2.75, 3.05) is 45.9 Å². The van der Waals surface area contributed by atoms with Crippen molar-refractivity contribution in [3.05, 3.63) is 35.9 Å². The SMILES string of the molecule is O=S(=O)(NCC(c1ccccc1)N1CCCC1)N1CCOCC1. The zero-order chi connectivity index (χ0) is 16.1. The molecule has 2 heterocycles. The minimum absolute atomic E-state index is 0.0921. The molecular weight excluding hydrogens is 314 g/mol. The molecule has 128 valence electrons. The second-order valence-electron chi connectivity index (χ2n) is 6.03. The monoisotopic (exact) mass is 339 g/mol. The lowest BCUT2D eigenvalue weighted by Gasteiger charge is -2.30. The lowest BCUT2D eigenvalue weighted by molar-refractivity contribution is 0.0723. The molecule has 1 atom stereocenters. The zero-order valence-electron chi connectivity index (χ0n) is 13.4. The van der Waals surface area contributed by atoms with Gasteiger partial charge in [-0.15, -0.1) is 0 Å². The van der Waals surface area contributed by atoms with Gasteiger partial charge >= 0.3 is 0 Å². The quantitative estimate of drug-likeness (QED) is 0.840. The summed E-state index contributed by atoms with van der Waals surface area (Å²) in [6, 6.07) is 10.2. The van der Waals surface area contributed by atoms with Gasteiger partial charge in [-0.05, 0) is 31.5 Å². The van der Waals surface area contributed by atoms with Crippen molar-refractivity contribution in [3.8, 4) is 0 Å². The number of nitrogens with one attached hydrogen (secondary N) is 1. The Bertz CT molecular complexity index is 582. The van der Waals surface area contributed by atoms with Gasteiger partial charge in [0.05, 0.1) is 13.2 Å². The number of benzene rings is 1. The van der Waals surface area contributed by atoms with Crippen molar-refractivity contribution in [1.82, 2.24) is 13.9 Å². The number of rotatable bonds is 6. The Morgan fingerprint density at radius 3 is 2.35 bits per heavy atom. The van der Waals surface area contributed by atoms with E-state index in [4.69, 9.17) is 4.74 Å². The van der Waals surface area contributed by atoms with E-state index in [0.29, 0.717) is 32.8 Å². The van der Waals surface area contributed by atoms with Gasteiger partial charge in [-0.2, -0.15) is 12.7 Å². The molecule has 0 aromatic heterocycles. The van der Waals surface area contributed by atoms with Crippen molar-refractivity contribution in [2.24, 2.45) is 0 Å². The minimum atomic E-state index is -3.44. The van der Waals surface area contributed by atoms with Crippen molar-refractivity contribution >= 4 is 10.2 Å². The Balaban J connectivity index is 1.68. The maximum absolute atomic E-state index is 12.5. The van der Waals surface area contributed by atoms with Gasteiger partial charge in [-0.1, -0.05) is 30.3 Å². The maximum atomic E-state index is 12.5. The van der Waals surface area contributed by atoms with Crippen molar-refractivity contribution < 1.29 is 13.2 Å². The third-order valence-electron chi connectivity index (χ3n) is 4.53. The predicted molar refractivity (Wildman–Crippen MR) is 89.3 cm³/mol. The molecule has 1 N–H and O–H groups in total. The van der Waals surface area contributed by atoms with E-state index in [1.807, 2.05) is 18.2 Å². The number of hydrogen-bond acceptors (Lipinski definition) is 4. The summed E-state index contributed by atoms with van der Waals surface area (Å²) in [6.45, 7) is 4.25. The van der Waals surface area contributed by atoms with Gasteiger partial charge in [0, 0.05) is 25.7 Å². The van der Waals surface area contributed by atoms with Gasteiger partial charge in [-0.25, -0.2) is 4.72 Å². The van der Waals surface area contributed by atoms with Crippen molar-refractivity contribution in [3.63, 3.8) is 0 Å². The summed E-state index contributed by atoms with van der Waals surface area (Å²) >= 11 is 0. The highest BCUT2D eigenvalue weighted by Gasteiger charge is 2.28. The standard InChI is InChI=1S/C16H25N3O3S/c20-23(21,19-10-12-22-13-11-19)17-14-16(18-8-4-5-9-18)15-6-2-1-3-7-15/h1-3,6-7,16-17H,4-5,8-14H2. The average Bonchev–Trinajstić information content (AvgIpc) is 3.11. The van der Waals surface area contributed by atoms with Crippen LogP contribution in [-0.2, 0) is 14.9 Å². The summed E-state index contributed by atoms with van der Waals surface area (Å²) in [5, 5.41) is 0. The summed E-state index contributed by atoms with van der Waals surface area (Å²) in [6.07, 6.45) is 2.36. The van der Waals surface area contributed by atoms with E-state index < -0.39 is 10.2 Å². The Hall–Kier alpha value is -0.990. The fourth-order valence-corrected chi connectivity index (χ4v) is 4.43. The molecule has 0 bridgehead atoms. The molecule has 0 aliphatic carbocycles. The molecule has 1 unspecified atom stereocenters. The van der Waals surface area contributed by atoms with Crippen molar-refractivity contribution in [1.29, 1.82) is 0 Å². The largest absolute Gasteiger partial charge is 0.379 e. The molecule has 1 aromatic carbocycles. The van der Waals surface area contributed by atoms with Crippen LogP contribution in [0, 0.1) is 0 Å². The first-order chi connectivity index (χ1) is 11.2. The number of ether oxygens (including phenoxy) is 1. The van der Waals surface area contributed by atoms with Gasteiger partial charge in [0.2, 0.25) is 0 Å². The molecule has 0 amide bonds. The van der Waals surface area contributed by atoms with E-state index in [-0.39, 0.29) is 6.04 Å². The van der Waals surface area contributed by atoms with Crippen LogP contribution in [0.15, 0.2) is 30.3 Å². The van der Waals surface area contributed by atoms with Crippen LogP contribution >= 0.6 is 0 Å². The lowest BCUT2D eigenvalue weighted by atomic mass is 10.1. The van der Waals surface area contributed by atoms with Crippen LogP contribution in [0.4, 0.5) is 0 Å². The fourth-order valence-electron chi connectivity index (χ4n) is 3.25. The lowest BCUT2D eigenvalue weighted by Crippen LogP contribution is -2.48. The third kappa shape index (κ3) is 4.30. The molecule has 0 radical (unpaired) electrons. The fraction of sp³-hybridized carbons (Fsp3) is 0.625. The predicted octanol–water partition coefficient (Wildman–Crippen LogP) is 0.990. The van der Waals surface area contributed by atoms with E-state index >= 15 is 0 Å². The first kappa shape index (κ1) is 16.9. The number of nitrogens with zero attached hydrogens (tertiary/aromatic N) is 2. The second-order valence-corrected chi connectivity index (χ2v) is 7.79. The Labute approximate surface area is 138 Å². The Morgan fingerprint density at radius 1 is 1.04 bits per heavy atom. The summed E-state index contributed by atoms with van der Waals surface area (Å²) in [4.78, 5) is 2.37. The second kappa shape index (κ2) is 7.72. The summed E-state index contributed by atoms with van der Waals surface area (Å²) in [5.74, 6) is 0. The van der Waals surface area contributed by atoms with Gasteiger partial charge in [0.1, 0.15) is 0 Å². The van der Waals surface area contributed by atoms with Gasteiger partial charge in [0.15, 0.2) is 0 Å². The number of morpholine rings is 1. The van der Waals surface area contributed by atoms with Crippen LogP contribution in [-0.4, -0.2) is 63.6 Å².